The number of thiocarbonyl (C=S) groups is 1. The molecule has 3 heterocycles. The number of ether oxygens (including phenoxy) is 1. The number of hydrogen-bond donors (Lipinski definition) is 2. The number of azo groups is 1. The second kappa shape index (κ2) is 10.6. The van der Waals surface area contributed by atoms with Crippen molar-refractivity contribution in [2.75, 3.05) is 31.6 Å². The Labute approximate surface area is 220 Å². The molecule has 0 aliphatic carbocycles. The van der Waals surface area contributed by atoms with Crippen LogP contribution in [0.3, 0.4) is 0 Å². The molecule has 2 aromatic heterocycles. The van der Waals surface area contributed by atoms with Crippen molar-refractivity contribution < 1.29 is 9.84 Å². The molecule has 0 saturated carbocycles. The van der Waals surface area contributed by atoms with Gasteiger partial charge in [0.2, 0.25) is 11.0 Å². The predicted molar refractivity (Wildman–Crippen MR) is 144 cm³/mol. The van der Waals surface area contributed by atoms with Crippen LogP contribution in [0.2, 0.25) is 10.0 Å². The van der Waals surface area contributed by atoms with Crippen LogP contribution in [-0.2, 0) is 11.4 Å². The van der Waals surface area contributed by atoms with Crippen molar-refractivity contribution in [2.24, 2.45) is 10.2 Å². The summed E-state index contributed by atoms with van der Waals surface area (Å²) in [6.45, 7) is 3.38. The lowest BCUT2D eigenvalue weighted by atomic mass is 10.2. The van der Waals surface area contributed by atoms with E-state index in [0.29, 0.717) is 46.1 Å². The Morgan fingerprint density at radius 1 is 1.14 bits per heavy atom. The maximum atomic E-state index is 11.0. The molecule has 2 N–H and O–H groups in total. The first-order valence-corrected chi connectivity index (χ1v) is 12.8. The molecule has 1 fully saturated rings. The second-order valence-corrected chi connectivity index (χ2v) is 9.93. The number of aromatic hydroxyl groups is 1. The summed E-state index contributed by atoms with van der Waals surface area (Å²) in [5.74, 6) is -0.000387. The van der Waals surface area contributed by atoms with Crippen LogP contribution in [0, 0.1) is 0 Å². The summed E-state index contributed by atoms with van der Waals surface area (Å²) < 4.78 is 7.22. The highest BCUT2D eigenvalue weighted by Gasteiger charge is 2.20. The Kier molecular flexibility index (Phi) is 7.28. The molecule has 0 unspecified atom stereocenters. The van der Waals surface area contributed by atoms with Gasteiger partial charge in [-0.15, -0.1) is 21.6 Å². The first kappa shape index (κ1) is 24.1. The highest BCUT2D eigenvalue weighted by Crippen LogP contribution is 2.40. The van der Waals surface area contributed by atoms with E-state index in [0.717, 1.165) is 29.9 Å². The fraction of sp³-hybridized carbons (Fsp3) is 0.217. The molecule has 1 saturated heterocycles. The Morgan fingerprint density at radius 2 is 1.89 bits per heavy atom. The van der Waals surface area contributed by atoms with Crippen molar-refractivity contribution in [3.63, 3.8) is 0 Å². The number of nitrogens with zero attached hydrogens (tertiary/aromatic N) is 5. The van der Waals surface area contributed by atoms with Gasteiger partial charge in [0, 0.05) is 39.5 Å². The minimum absolute atomic E-state index is 0.000387. The van der Waals surface area contributed by atoms with Crippen LogP contribution in [0.25, 0.3) is 22.2 Å². The molecule has 12 heteroatoms. The smallest absolute Gasteiger partial charge is 0.221 e. The second-order valence-electron chi connectivity index (χ2n) is 7.81. The highest BCUT2D eigenvalue weighted by molar-refractivity contribution is 7.80. The van der Waals surface area contributed by atoms with E-state index in [-0.39, 0.29) is 11.0 Å². The van der Waals surface area contributed by atoms with Gasteiger partial charge in [-0.05, 0) is 42.5 Å². The lowest BCUT2D eigenvalue weighted by Gasteiger charge is -2.27. The van der Waals surface area contributed by atoms with Crippen LogP contribution in [0.4, 0.5) is 10.8 Å². The van der Waals surface area contributed by atoms with Gasteiger partial charge in [0.25, 0.3) is 0 Å². The van der Waals surface area contributed by atoms with Crippen molar-refractivity contribution in [3.8, 4) is 17.1 Å². The van der Waals surface area contributed by atoms with Crippen LogP contribution in [-0.4, -0.2) is 51.0 Å². The molecule has 0 atom stereocenters. The maximum Gasteiger partial charge on any atom is 0.221 e. The molecular weight excluding hydrogens is 527 g/mol. The standard InChI is InChI=1S/C23H20Cl2N6O2S2/c24-15-3-1-14(2-4-15)18-12-35-23(26-18)27-22(34)29-28-20-17-11-16(25)5-6-19(17)31(21(20)32)13-30-7-9-33-10-8-30/h1-6,11-12,32H,7-10,13H2,(H,26,27,34). The van der Waals surface area contributed by atoms with Crippen molar-refractivity contribution in [1.29, 1.82) is 0 Å². The summed E-state index contributed by atoms with van der Waals surface area (Å²) >= 11 is 18.9. The Hall–Kier alpha value is -2.60. The minimum atomic E-state index is -0.000387. The third kappa shape index (κ3) is 5.48. The zero-order valence-corrected chi connectivity index (χ0v) is 21.5. The van der Waals surface area contributed by atoms with Crippen molar-refractivity contribution in [2.45, 2.75) is 6.67 Å². The molecule has 0 spiro atoms. The Bertz CT molecular complexity index is 1400. The summed E-state index contributed by atoms with van der Waals surface area (Å²) in [6.07, 6.45) is 0. The fourth-order valence-corrected chi connectivity index (χ4v) is 5.00. The van der Waals surface area contributed by atoms with Gasteiger partial charge in [-0.3, -0.25) is 9.47 Å². The van der Waals surface area contributed by atoms with Crippen molar-refractivity contribution >= 4 is 73.6 Å². The van der Waals surface area contributed by atoms with Crippen LogP contribution < -0.4 is 5.32 Å². The highest BCUT2D eigenvalue weighted by atomic mass is 35.5. The van der Waals surface area contributed by atoms with Gasteiger partial charge in [0.1, 0.15) is 0 Å². The third-order valence-corrected chi connectivity index (χ3v) is 6.94. The molecular formula is C23H20Cl2N6O2S2. The van der Waals surface area contributed by atoms with Crippen LogP contribution in [0.15, 0.2) is 58.1 Å². The number of halogens is 2. The first-order valence-electron chi connectivity index (χ1n) is 10.7. The monoisotopic (exact) mass is 546 g/mol. The molecule has 1 aliphatic heterocycles. The van der Waals surface area contributed by atoms with Crippen molar-refractivity contribution in [3.05, 3.63) is 57.9 Å². The van der Waals surface area contributed by atoms with E-state index < -0.39 is 0 Å². The molecule has 180 valence electrons. The zero-order valence-electron chi connectivity index (χ0n) is 18.3. The van der Waals surface area contributed by atoms with Crippen LogP contribution in [0.1, 0.15) is 0 Å². The first-order chi connectivity index (χ1) is 17.0. The van der Waals surface area contributed by atoms with Gasteiger partial charge in [-0.25, -0.2) is 4.98 Å². The normalized spacial score (nSPS) is 14.7. The molecule has 8 nitrogen and oxygen atoms in total. The topological polar surface area (TPSA) is 87.3 Å². The van der Waals surface area contributed by atoms with E-state index in [1.807, 2.05) is 35.7 Å². The van der Waals surface area contributed by atoms with E-state index in [4.69, 9.17) is 40.2 Å². The summed E-state index contributed by atoms with van der Waals surface area (Å²) in [5.41, 5.74) is 2.85. The number of nitrogens with one attached hydrogen (secondary N) is 1. The van der Waals surface area contributed by atoms with E-state index in [9.17, 15) is 5.11 Å². The number of rotatable bonds is 5. The minimum Gasteiger partial charge on any atom is -0.493 e. The SMILES string of the molecule is Oc1c(N=NC(=S)Nc2nc(-c3ccc(Cl)cc3)cs2)c2cc(Cl)ccc2n1CN1CCOCC1. The number of fused-ring (bicyclic) bond motifs is 1. The summed E-state index contributed by atoms with van der Waals surface area (Å²) in [7, 11) is 0. The van der Waals surface area contributed by atoms with E-state index in [1.54, 1.807) is 16.7 Å². The molecule has 5 rings (SSSR count). The van der Waals surface area contributed by atoms with Gasteiger partial charge in [0.05, 0.1) is 31.1 Å². The van der Waals surface area contributed by atoms with Crippen LogP contribution >= 0.6 is 46.8 Å². The number of morpholine rings is 1. The molecule has 0 amide bonds. The molecule has 2 aromatic carbocycles. The van der Waals surface area contributed by atoms with E-state index >= 15 is 0 Å². The predicted octanol–water partition coefficient (Wildman–Crippen LogP) is 6.55. The number of hydrogen-bond acceptors (Lipinski definition) is 7. The molecule has 35 heavy (non-hydrogen) atoms. The molecule has 0 bridgehead atoms. The lowest BCUT2D eigenvalue weighted by Crippen LogP contribution is -2.37. The number of aromatic nitrogens is 2. The Balaban J connectivity index is 1.36. The molecule has 4 aromatic rings. The molecule has 1 aliphatic rings. The van der Waals surface area contributed by atoms with Gasteiger partial charge in [0.15, 0.2) is 10.8 Å². The van der Waals surface area contributed by atoms with E-state index in [1.165, 1.54) is 11.3 Å². The number of anilines is 1. The summed E-state index contributed by atoms with van der Waals surface area (Å²) in [5, 5.41) is 26.9. The van der Waals surface area contributed by atoms with Crippen molar-refractivity contribution in [1.82, 2.24) is 14.5 Å². The van der Waals surface area contributed by atoms with Gasteiger partial charge >= 0.3 is 0 Å². The number of benzene rings is 2. The maximum absolute atomic E-state index is 11.0. The zero-order chi connectivity index (χ0) is 24.4. The van der Waals surface area contributed by atoms with Gasteiger partial charge in [-0.1, -0.05) is 35.3 Å². The van der Waals surface area contributed by atoms with Gasteiger partial charge < -0.3 is 15.2 Å². The largest absolute Gasteiger partial charge is 0.493 e. The molecule has 0 radical (unpaired) electrons. The van der Waals surface area contributed by atoms with Gasteiger partial charge in [-0.2, -0.15) is 0 Å². The number of thiazole rings is 1. The fourth-order valence-electron chi connectivity index (χ4n) is 3.78. The lowest BCUT2D eigenvalue weighted by molar-refractivity contribution is 0.0231. The quantitative estimate of drug-likeness (QED) is 0.218. The van der Waals surface area contributed by atoms with E-state index in [2.05, 4.69) is 25.4 Å². The summed E-state index contributed by atoms with van der Waals surface area (Å²) in [4.78, 5) is 6.74. The Morgan fingerprint density at radius 3 is 2.66 bits per heavy atom. The average Bonchev–Trinajstić information content (AvgIpc) is 3.41. The average molecular weight is 547 g/mol. The summed E-state index contributed by atoms with van der Waals surface area (Å²) in [6, 6.07) is 12.8. The van der Waals surface area contributed by atoms with Crippen LogP contribution in [0.5, 0.6) is 5.88 Å². The third-order valence-electron chi connectivity index (χ3n) is 5.52.